The maximum absolute atomic E-state index is 5.64. The molecule has 1 fully saturated rings. The summed E-state index contributed by atoms with van der Waals surface area (Å²) in [5.74, 6) is 0. The third-order valence-corrected chi connectivity index (χ3v) is 1.73. The minimum atomic E-state index is 0.331. The van der Waals surface area contributed by atoms with E-state index in [2.05, 4.69) is 12.2 Å². The highest BCUT2D eigenvalue weighted by Crippen LogP contribution is 2.06. The Balaban J connectivity index is 2.24. The van der Waals surface area contributed by atoms with Crippen molar-refractivity contribution in [1.82, 2.24) is 5.32 Å². The number of hydrogen-bond acceptors (Lipinski definition) is 2. The van der Waals surface area contributed by atoms with Gasteiger partial charge in [0.1, 0.15) is 0 Å². The molecule has 0 aromatic carbocycles. The summed E-state index contributed by atoms with van der Waals surface area (Å²) in [5.41, 5.74) is 5.64. The lowest BCUT2D eigenvalue weighted by Gasteiger charge is -2.12. The summed E-state index contributed by atoms with van der Waals surface area (Å²) in [4.78, 5) is 0. The number of nitrogens with one attached hydrogen (secondary N) is 1. The van der Waals surface area contributed by atoms with Crippen molar-refractivity contribution in [3.63, 3.8) is 0 Å². The SMILES string of the molecule is C[C@H](N)[C@@H]1CCCN1. The summed E-state index contributed by atoms with van der Waals surface area (Å²) < 4.78 is 0. The van der Waals surface area contributed by atoms with Crippen molar-refractivity contribution in [3.8, 4) is 0 Å². The molecule has 8 heavy (non-hydrogen) atoms. The molecule has 0 bridgehead atoms. The van der Waals surface area contributed by atoms with Gasteiger partial charge in [0, 0.05) is 12.1 Å². The highest BCUT2D eigenvalue weighted by molar-refractivity contribution is 4.80. The average molecular weight is 114 g/mol. The molecule has 0 saturated carbocycles. The molecule has 2 heteroatoms. The van der Waals surface area contributed by atoms with Crippen LogP contribution in [0, 0.1) is 0 Å². The predicted octanol–water partition coefficient (Wildman–Crippen LogP) is 0.0856. The van der Waals surface area contributed by atoms with Crippen molar-refractivity contribution in [1.29, 1.82) is 0 Å². The molecule has 1 aliphatic rings. The zero-order chi connectivity index (χ0) is 5.98. The summed E-state index contributed by atoms with van der Waals surface area (Å²) >= 11 is 0. The van der Waals surface area contributed by atoms with E-state index in [4.69, 9.17) is 5.73 Å². The van der Waals surface area contributed by atoms with Crippen LogP contribution >= 0.6 is 0 Å². The molecule has 1 saturated heterocycles. The van der Waals surface area contributed by atoms with Gasteiger partial charge in [-0.15, -0.1) is 0 Å². The third kappa shape index (κ3) is 1.20. The fourth-order valence-electron chi connectivity index (χ4n) is 1.16. The number of rotatable bonds is 1. The molecule has 0 unspecified atom stereocenters. The van der Waals surface area contributed by atoms with E-state index in [0.717, 1.165) is 6.54 Å². The van der Waals surface area contributed by atoms with E-state index < -0.39 is 0 Å². The zero-order valence-corrected chi connectivity index (χ0v) is 5.35. The highest BCUT2D eigenvalue weighted by atomic mass is 15.0. The minimum Gasteiger partial charge on any atom is -0.327 e. The second kappa shape index (κ2) is 2.46. The van der Waals surface area contributed by atoms with E-state index in [1.54, 1.807) is 0 Å². The lowest BCUT2D eigenvalue weighted by Crippen LogP contribution is -2.38. The Morgan fingerprint density at radius 3 is 2.75 bits per heavy atom. The molecule has 0 aromatic rings. The predicted molar refractivity (Wildman–Crippen MR) is 34.7 cm³/mol. The van der Waals surface area contributed by atoms with Crippen LogP contribution in [-0.4, -0.2) is 18.6 Å². The van der Waals surface area contributed by atoms with Gasteiger partial charge in [-0.1, -0.05) is 0 Å². The van der Waals surface area contributed by atoms with Gasteiger partial charge >= 0.3 is 0 Å². The smallest absolute Gasteiger partial charge is 0.0216 e. The Labute approximate surface area is 50.4 Å². The van der Waals surface area contributed by atoms with Gasteiger partial charge in [0.25, 0.3) is 0 Å². The molecule has 2 nitrogen and oxygen atoms in total. The van der Waals surface area contributed by atoms with Crippen LogP contribution in [0.4, 0.5) is 0 Å². The monoisotopic (exact) mass is 114 g/mol. The first-order valence-electron chi connectivity index (χ1n) is 3.29. The van der Waals surface area contributed by atoms with Gasteiger partial charge in [-0.05, 0) is 26.3 Å². The summed E-state index contributed by atoms with van der Waals surface area (Å²) in [5, 5.41) is 3.33. The van der Waals surface area contributed by atoms with Crippen molar-refractivity contribution in [2.75, 3.05) is 6.54 Å². The van der Waals surface area contributed by atoms with Crippen molar-refractivity contribution < 1.29 is 0 Å². The Hall–Kier alpha value is -0.0800. The van der Waals surface area contributed by atoms with Gasteiger partial charge in [-0.3, -0.25) is 0 Å². The molecule has 0 amide bonds. The standard InChI is InChI=1S/C6H14N2/c1-5(7)6-3-2-4-8-6/h5-6,8H,2-4,7H2,1H3/t5-,6-/m0/s1. The molecule has 1 heterocycles. The van der Waals surface area contributed by atoms with Crippen LogP contribution in [-0.2, 0) is 0 Å². The highest BCUT2D eigenvalue weighted by Gasteiger charge is 2.16. The zero-order valence-electron chi connectivity index (χ0n) is 5.35. The Bertz CT molecular complexity index is 64.9. The largest absolute Gasteiger partial charge is 0.327 e. The quantitative estimate of drug-likeness (QED) is 0.507. The van der Waals surface area contributed by atoms with Crippen LogP contribution in [0.1, 0.15) is 19.8 Å². The van der Waals surface area contributed by atoms with Crippen LogP contribution in [0.25, 0.3) is 0 Å². The van der Waals surface area contributed by atoms with Gasteiger partial charge in [-0.2, -0.15) is 0 Å². The van der Waals surface area contributed by atoms with Crippen LogP contribution in [0.2, 0.25) is 0 Å². The van der Waals surface area contributed by atoms with Gasteiger partial charge in [0.15, 0.2) is 0 Å². The normalized spacial score (nSPS) is 33.0. The lowest BCUT2D eigenvalue weighted by molar-refractivity contribution is 0.513. The summed E-state index contributed by atoms with van der Waals surface area (Å²) in [6.45, 7) is 3.22. The summed E-state index contributed by atoms with van der Waals surface area (Å²) in [6, 6.07) is 0.924. The number of nitrogens with two attached hydrogens (primary N) is 1. The van der Waals surface area contributed by atoms with E-state index in [-0.39, 0.29) is 0 Å². The second-order valence-corrected chi connectivity index (χ2v) is 2.56. The summed E-state index contributed by atoms with van der Waals surface area (Å²) in [7, 11) is 0. The molecule has 0 aliphatic carbocycles. The third-order valence-electron chi connectivity index (χ3n) is 1.73. The van der Waals surface area contributed by atoms with Crippen LogP contribution in [0.15, 0.2) is 0 Å². The van der Waals surface area contributed by atoms with Gasteiger partial charge in [0.05, 0.1) is 0 Å². The van der Waals surface area contributed by atoms with E-state index in [1.807, 2.05) is 0 Å². The molecule has 2 atom stereocenters. The second-order valence-electron chi connectivity index (χ2n) is 2.56. The van der Waals surface area contributed by atoms with E-state index in [9.17, 15) is 0 Å². The average Bonchev–Trinajstić information content (AvgIpc) is 2.12. The Morgan fingerprint density at radius 2 is 2.50 bits per heavy atom. The molecular formula is C6H14N2. The van der Waals surface area contributed by atoms with Crippen LogP contribution < -0.4 is 11.1 Å². The fraction of sp³-hybridized carbons (Fsp3) is 1.00. The van der Waals surface area contributed by atoms with Crippen molar-refractivity contribution in [2.24, 2.45) is 5.73 Å². The molecular weight excluding hydrogens is 100 g/mol. The first-order valence-corrected chi connectivity index (χ1v) is 3.29. The first-order chi connectivity index (χ1) is 3.80. The molecule has 3 N–H and O–H groups in total. The van der Waals surface area contributed by atoms with Crippen molar-refractivity contribution in [2.45, 2.75) is 31.8 Å². The fourth-order valence-corrected chi connectivity index (χ4v) is 1.16. The molecule has 0 aromatic heterocycles. The molecule has 1 aliphatic heterocycles. The van der Waals surface area contributed by atoms with Crippen LogP contribution in [0.3, 0.4) is 0 Å². The first kappa shape index (κ1) is 6.05. The summed E-state index contributed by atoms with van der Waals surface area (Å²) in [6.07, 6.45) is 2.56. The van der Waals surface area contributed by atoms with Gasteiger partial charge < -0.3 is 11.1 Å². The lowest BCUT2D eigenvalue weighted by atomic mass is 10.1. The number of hydrogen-bond donors (Lipinski definition) is 2. The topological polar surface area (TPSA) is 38.0 Å². The van der Waals surface area contributed by atoms with E-state index >= 15 is 0 Å². The Kier molecular flexibility index (Phi) is 1.86. The van der Waals surface area contributed by atoms with Crippen molar-refractivity contribution in [3.05, 3.63) is 0 Å². The van der Waals surface area contributed by atoms with Gasteiger partial charge in [0.2, 0.25) is 0 Å². The molecule has 1 rings (SSSR count). The maximum atomic E-state index is 5.64. The minimum absolute atomic E-state index is 0.331. The molecule has 0 spiro atoms. The molecule has 0 radical (unpaired) electrons. The van der Waals surface area contributed by atoms with E-state index in [1.165, 1.54) is 12.8 Å². The van der Waals surface area contributed by atoms with Crippen LogP contribution in [0.5, 0.6) is 0 Å². The van der Waals surface area contributed by atoms with Crippen molar-refractivity contribution >= 4 is 0 Å². The maximum Gasteiger partial charge on any atom is 0.0216 e. The Morgan fingerprint density at radius 1 is 1.75 bits per heavy atom. The van der Waals surface area contributed by atoms with Gasteiger partial charge in [-0.25, -0.2) is 0 Å². The van der Waals surface area contributed by atoms with E-state index in [0.29, 0.717) is 12.1 Å². The molecule has 48 valence electrons.